The molecule has 1 N–H and O–H groups in total. The van der Waals surface area contributed by atoms with Crippen molar-refractivity contribution >= 4 is 22.3 Å². The van der Waals surface area contributed by atoms with Gasteiger partial charge in [-0.1, -0.05) is 0 Å². The minimum Gasteiger partial charge on any atom is -0.335 e. The molecule has 1 saturated carbocycles. The SMILES string of the molecule is O=C(NC1CC1)N1CCN(Cc2cc(=O)n3ccsc3n2)CC1. The van der Waals surface area contributed by atoms with Gasteiger partial charge in [0.15, 0.2) is 4.96 Å². The fourth-order valence-electron chi connectivity index (χ4n) is 2.80. The van der Waals surface area contributed by atoms with Crippen molar-refractivity contribution in [3.05, 3.63) is 33.7 Å². The van der Waals surface area contributed by atoms with Crippen molar-refractivity contribution < 1.29 is 4.79 Å². The van der Waals surface area contributed by atoms with Gasteiger partial charge in [-0.15, -0.1) is 11.3 Å². The molecule has 1 aliphatic heterocycles. The van der Waals surface area contributed by atoms with Crippen molar-refractivity contribution in [3.63, 3.8) is 0 Å². The summed E-state index contributed by atoms with van der Waals surface area (Å²) in [5, 5.41) is 4.89. The first-order valence-electron chi connectivity index (χ1n) is 7.92. The van der Waals surface area contributed by atoms with Crippen LogP contribution in [0.3, 0.4) is 0 Å². The third-order valence-electron chi connectivity index (χ3n) is 4.31. The summed E-state index contributed by atoms with van der Waals surface area (Å²) >= 11 is 1.47. The summed E-state index contributed by atoms with van der Waals surface area (Å²) in [5.74, 6) is 0. The van der Waals surface area contributed by atoms with Gasteiger partial charge in [0.2, 0.25) is 0 Å². The highest BCUT2D eigenvalue weighted by Crippen LogP contribution is 2.19. The number of nitrogens with one attached hydrogen (secondary N) is 1. The Morgan fingerprint density at radius 3 is 2.83 bits per heavy atom. The maximum atomic E-state index is 12.0. The number of aromatic nitrogens is 2. The monoisotopic (exact) mass is 333 g/mol. The highest BCUT2D eigenvalue weighted by atomic mass is 32.1. The summed E-state index contributed by atoms with van der Waals surface area (Å²) in [5.41, 5.74) is 0.766. The topological polar surface area (TPSA) is 70.0 Å². The van der Waals surface area contributed by atoms with E-state index >= 15 is 0 Å². The Bertz CT molecular complexity index is 774. The van der Waals surface area contributed by atoms with Crippen LogP contribution in [0.5, 0.6) is 0 Å². The highest BCUT2D eigenvalue weighted by Gasteiger charge is 2.27. The van der Waals surface area contributed by atoms with Crippen molar-refractivity contribution in [3.8, 4) is 0 Å². The molecule has 2 aromatic rings. The van der Waals surface area contributed by atoms with Crippen LogP contribution in [-0.4, -0.2) is 57.4 Å². The number of fused-ring (bicyclic) bond motifs is 1. The van der Waals surface area contributed by atoms with Crippen LogP contribution in [0.2, 0.25) is 0 Å². The van der Waals surface area contributed by atoms with E-state index in [0.717, 1.165) is 49.7 Å². The molecule has 8 heteroatoms. The summed E-state index contributed by atoms with van der Waals surface area (Å²) in [7, 11) is 0. The summed E-state index contributed by atoms with van der Waals surface area (Å²) in [4.78, 5) is 33.4. The molecule has 0 atom stereocenters. The summed E-state index contributed by atoms with van der Waals surface area (Å²) < 4.78 is 1.56. The quantitative estimate of drug-likeness (QED) is 0.900. The Labute approximate surface area is 137 Å². The van der Waals surface area contributed by atoms with Crippen LogP contribution < -0.4 is 10.9 Å². The maximum Gasteiger partial charge on any atom is 0.317 e. The predicted octanol–water partition coefficient (Wildman–Crippen LogP) is 0.746. The minimum atomic E-state index is -0.0336. The van der Waals surface area contributed by atoms with E-state index in [1.54, 1.807) is 16.7 Å². The van der Waals surface area contributed by atoms with E-state index in [4.69, 9.17) is 0 Å². The lowest BCUT2D eigenvalue weighted by Crippen LogP contribution is -2.51. The molecule has 23 heavy (non-hydrogen) atoms. The minimum absolute atomic E-state index is 0.0336. The standard InChI is InChI=1S/C15H19N5O2S/c21-13-9-12(17-15-20(13)7-8-23-15)10-18-3-5-19(6-4-18)14(22)16-11-1-2-11/h7-9,11H,1-6,10H2,(H,16,22). The van der Waals surface area contributed by atoms with E-state index in [-0.39, 0.29) is 11.6 Å². The molecular formula is C15H19N5O2S. The number of amides is 2. The van der Waals surface area contributed by atoms with Gasteiger partial charge in [-0.2, -0.15) is 0 Å². The summed E-state index contributed by atoms with van der Waals surface area (Å²) in [6, 6.07) is 2.06. The molecule has 7 nitrogen and oxygen atoms in total. The van der Waals surface area contributed by atoms with Crippen LogP contribution in [0.15, 0.2) is 22.4 Å². The fourth-order valence-corrected chi connectivity index (χ4v) is 3.54. The number of rotatable bonds is 3. The average Bonchev–Trinajstić information content (AvgIpc) is 3.22. The van der Waals surface area contributed by atoms with Gasteiger partial charge < -0.3 is 10.2 Å². The van der Waals surface area contributed by atoms with Gasteiger partial charge in [-0.25, -0.2) is 9.78 Å². The van der Waals surface area contributed by atoms with Gasteiger partial charge in [-0.05, 0) is 12.8 Å². The van der Waals surface area contributed by atoms with Gasteiger partial charge in [-0.3, -0.25) is 14.1 Å². The molecule has 0 bridgehead atoms. The summed E-state index contributed by atoms with van der Waals surface area (Å²) in [6.45, 7) is 3.71. The van der Waals surface area contributed by atoms with E-state index in [9.17, 15) is 9.59 Å². The van der Waals surface area contributed by atoms with Crippen LogP contribution in [0, 0.1) is 0 Å². The Balaban J connectivity index is 1.36. The molecule has 122 valence electrons. The van der Waals surface area contributed by atoms with Gasteiger partial charge in [0.1, 0.15) is 0 Å². The smallest absolute Gasteiger partial charge is 0.317 e. The van der Waals surface area contributed by atoms with Crippen LogP contribution in [0.1, 0.15) is 18.5 Å². The van der Waals surface area contributed by atoms with Crippen LogP contribution in [0.4, 0.5) is 4.79 Å². The summed E-state index contributed by atoms with van der Waals surface area (Å²) in [6.07, 6.45) is 3.96. The van der Waals surface area contributed by atoms with Gasteiger partial charge in [0, 0.05) is 56.4 Å². The average molecular weight is 333 g/mol. The lowest BCUT2D eigenvalue weighted by Gasteiger charge is -2.34. The molecule has 4 rings (SSSR count). The molecule has 0 unspecified atom stereocenters. The second-order valence-corrected chi connectivity index (χ2v) is 7.00. The van der Waals surface area contributed by atoms with Crippen LogP contribution in [-0.2, 0) is 6.54 Å². The number of urea groups is 1. The van der Waals surface area contributed by atoms with E-state index in [2.05, 4.69) is 15.2 Å². The zero-order valence-corrected chi connectivity index (χ0v) is 13.6. The molecule has 1 saturated heterocycles. The first-order valence-corrected chi connectivity index (χ1v) is 8.80. The molecule has 3 heterocycles. The molecule has 0 radical (unpaired) electrons. The lowest BCUT2D eigenvalue weighted by molar-refractivity contribution is 0.134. The lowest BCUT2D eigenvalue weighted by atomic mass is 10.3. The second-order valence-electron chi connectivity index (χ2n) is 6.13. The molecular weight excluding hydrogens is 314 g/mol. The first-order chi connectivity index (χ1) is 11.2. The van der Waals surface area contributed by atoms with Crippen molar-refractivity contribution in [2.45, 2.75) is 25.4 Å². The Morgan fingerprint density at radius 2 is 2.09 bits per heavy atom. The molecule has 2 aromatic heterocycles. The maximum absolute atomic E-state index is 12.0. The van der Waals surface area contributed by atoms with Crippen molar-refractivity contribution in [2.75, 3.05) is 26.2 Å². The number of nitrogens with zero attached hydrogens (tertiary/aromatic N) is 4. The Kier molecular flexibility index (Phi) is 3.78. The zero-order valence-electron chi connectivity index (χ0n) is 12.8. The fraction of sp³-hybridized carbons (Fsp3) is 0.533. The molecule has 2 aliphatic rings. The normalized spacial score (nSPS) is 19.2. The zero-order chi connectivity index (χ0) is 15.8. The Hall–Kier alpha value is -1.93. The Morgan fingerprint density at radius 1 is 1.30 bits per heavy atom. The van der Waals surface area contributed by atoms with Gasteiger partial charge in [0.25, 0.3) is 5.56 Å². The largest absolute Gasteiger partial charge is 0.335 e. The van der Waals surface area contributed by atoms with Crippen LogP contribution >= 0.6 is 11.3 Å². The second kappa shape index (κ2) is 5.93. The third-order valence-corrected chi connectivity index (χ3v) is 5.06. The molecule has 1 aliphatic carbocycles. The number of carbonyl (C=O) groups excluding carboxylic acids is 1. The third kappa shape index (κ3) is 3.23. The first kappa shape index (κ1) is 14.6. The number of carbonyl (C=O) groups is 1. The van der Waals surface area contributed by atoms with E-state index in [0.29, 0.717) is 12.6 Å². The van der Waals surface area contributed by atoms with Gasteiger partial charge >= 0.3 is 6.03 Å². The van der Waals surface area contributed by atoms with Crippen molar-refractivity contribution in [2.24, 2.45) is 0 Å². The molecule has 2 amide bonds. The van der Waals surface area contributed by atoms with Crippen molar-refractivity contribution in [1.29, 1.82) is 0 Å². The van der Waals surface area contributed by atoms with E-state index < -0.39 is 0 Å². The van der Waals surface area contributed by atoms with E-state index in [1.807, 2.05) is 10.3 Å². The molecule has 0 aromatic carbocycles. The number of hydrogen-bond acceptors (Lipinski definition) is 5. The number of hydrogen-bond donors (Lipinski definition) is 1. The number of piperazine rings is 1. The highest BCUT2D eigenvalue weighted by molar-refractivity contribution is 7.15. The van der Waals surface area contributed by atoms with Crippen molar-refractivity contribution in [1.82, 2.24) is 24.5 Å². The van der Waals surface area contributed by atoms with E-state index in [1.165, 1.54) is 11.3 Å². The predicted molar refractivity (Wildman–Crippen MR) is 87.7 cm³/mol. The number of thiazole rings is 1. The van der Waals surface area contributed by atoms with Crippen LogP contribution in [0.25, 0.3) is 4.96 Å². The van der Waals surface area contributed by atoms with Gasteiger partial charge in [0.05, 0.1) is 5.69 Å². The molecule has 0 spiro atoms. The molecule has 2 fully saturated rings.